The lowest BCUT2D eigenvalue weighted by Crippen LogP contribution is -1.95. The van der Waals surface area contributed by atoms with Crippen molar-refractivity contribution in [2.45, 2.75) is 20.4 Å². The number of aromatic nitrogens is 1. The van der Waals surface area contributed by atoms with Gasteiger partial charge in [0, 0.05) is 17.5 Å². The normalized spacial score (nSPS) is 10.6. The van der Waals surface area contributed by atoms with Gasteiger partial charge in [-0.15, -0.1) is 11.3 Å². The first-order valence-corrected chi connectivity index (χ1v) is 6.33. The Balaban J connectivity index is 2.48. The van der Waals surface area contributed by atoms with E-state index < -0.39 is 0 Å². The van der Waals surface area contributed by atoms with Gasteiger partial charge in [-0.3, -0.25) is 0 Å². The number of thiazole rings is 1. The minimum Gasteiger partial charge on any atom is -0.496 e. The summed E-state index contributed by atoms with van der Waals surface area (Å²) in [6.07, 6.45) is 0. The smallest absolute Gasteiger partial charge is 0.122 e. The Morgan fingerprint density at radius 3 is 2.65 bits per heavy atom. The van der Waals surface area contributed by atoms with E-state index in [0.29, 0.717) is 6.54 Å². The molecule has 1 aromatic carbocycles. The van der Waals surface area contributed by atoms with Crippen LogP contribution in [-0.2, 0) is 6.54 Å². The molecule has 17 heavy (non-hydrogen) atoms. The minimum atomic E-state index is 0.499. The van der Waals surface area contributed by atoms with Crippen LogP contribution >= 0.6 is 11.3 Å². The highest BCUT2D eigenvalue weighted by Gasteiger charge is 2.09. The highest BCUT2D eigenvalue weighted by molar-refractivity contribution is 7.09. The summed E-state index contributed by atoms with van der Waals surface area (Å²) < 4.78 is 5.31. The number of methoxy groups -OCH3 is 1. The third kappa shape index (κ3) is 2.33. The van der Waals surface area contributed by atoms with Crippen LogP contribution in [0, 0.1) is 13.8 Å². The van der Waals surface area contributed by atoms with Gasteiger partial charge in [0.1, 0.15) is 10.8 Å². The molecule has 0 unspecified atom stereocenters. The first-order valence-electron chi connectivity index (χ1n) is 5.45. The fraction of sp³-hybridized carbons (Fsp3) is 0.308. The molecule has 0 fully saturated rings. The van der Waals surface area contributed by atoms with E-state index in [1.807, 2.05) is 13.0 Å². The molecule has 0 bridgehead atoms. The largest absolute Gasteiger partial charge is 0.496 e. The number of hydrogen-bond acceptors (Lipinski definition) is 4. The van der Waals surface area contributed by atoms with Crippen LogP contribution in [0.1, 0.15) is 16.1 Å². The molecule has 2 aromatic rings. The number of aryl methyl sites for hydroxylation is 2. The van der Waals surface area contributed by atoms with Crippen LogP contribution in [0.15, 0.2) is 17.5 Å². The molecule has 0 saturated carbocycles. The van der Waals surface area contributed by atoms with E-state index in [1.165, 1.54) is 5.56 Å². The zero-order chi connectivity index (χ0) is 12.4. The van der Waals surface area contributed by atoms with Crippen LogP contribution in [0.5, 0.6) is 5.75 Å². The number of rotatable bonds is 3. The Labute approximate surface area is 105 Å². The maximum absolute atomic E-state index is 5.58. The lowest BCUT2D eigenvalue weighted by molar-refractivity contribution is 0.411. The van der Waals surface area contributed by atoms with Crippen LogP contribution in [0.25, 0.3) is 11.3 Å². The van der Waals surface area contributed by atoms with Gasteiger partial charge in [-0.1, -0.05) is 0 Å². The van der Waals surface area contributed by atoms with Gasteiger partial charge in [-0.2, -0.15) is 0 Å². The summed E-state index contributed by atoms with van der Waals surface area (Å²) in [6, 6.07) is 4.16. The second-order valence-corrected chi connectivity index (χ2v) is 4.91. The molecule has 0 radical (unpaired) electrons. The van der Waals surface area contributed by atoms with E-state index in [2.05, 4.69) is 23.4 Å². The second-order valence-electron chi connectivity index (χ2n) is 3.97. The topological polar surface area (TPSA) is 48.1 Å². The van der Waals surface area contributed by atoms with Crippen LogP contribution in [0.2, 0.25) is 0 Å². The number of nitrogens with two attached hydrogens (primary N) is 1. The van der Waals surface area contributed by atoms with Crippen molar-refractivity contribution in [1.29, 1.82) is 0 Å². The number of ether oxygens (including phenoxy) is 1. The third-order valence-corrected chi connectivity index (χ3v) is 3.62. The number of benzene rings is 1. The van der Waals surface area contributed by atoms with E-state index in [4.69, 9.17) is 10.5 Å². The fourth-order valence-corrected chi connectivity index (χ4v) is 2.49. The summed E-state index contributed by atoms with van der Waals surface area (Å²) >= 11 is 1.60. The molecular formula is C13H16N2OS. The van der Waals surface area contributed by atoms with Crippen molar-refractivity contribution in [2.24, 2.45) is 5.73 Å². The molecule has 0 aliphatic carbocycles. The Morgan fingerprint density at radius 2 is 2.06 bits per heavy atom. The van der Waals surface area contributed by atoms with Crippen molar-refractivity contribution in [2.75, 3.05) is 7.11 Å². The molecular weight excluding hydrogens is 232 g/mol. The van der Waals surface area contributed by atoms with Gasteiger partial charge in [0.05, 0.1) is 12.8 Å². The predicted octanol–water partition coefficient (Wildman–Crippen LogP) is 2.89. The Kier molecular flexibility index (Phi) is 3.45. The highest BCUT2D eigenvalue weighted by atomic mass is 32.1. The van der Waals surface area contributed by atoms with Crippen LogP contribution in [0.3, 0.4) is 0 Å². The maximum Gasteiger partial charge on any atom is 0.122 e. The summed E-state index contributed by atoms with van der Waals surface area (Å²) in [5.74, 6) is 0.917. The average molecular weight is 248 g/mol. The van der Waals surface area contributed by atoms with E-state index in [1.54, 1.807) is 18.4 Å². The molecule has 0 atom stereocenters. The molecule has 0 aliphatic heterocycles. The van der Waals surface area contributed by atoms with Gasteiger partial charge in [0.15, 0.2) is 0 Å². The van der Waals surface area contributed by atoms with Crippen molar-refractivity contribution in [3.05, 3.63) is 33.6 Å². The Bertz CT molecular complexity index is 534. The van der Waals surface area contributed by atoms with Gasteiger partial charge in [-0.25, -0.2) is 4.98 Å². The van der Waals surface area contributed by atoms with Crippen LogP contribution < -0.4 is 10.5 Å². The molecule has 3 nitrogen and oxygen atoms in total. The Morgan fingerprint density at radius 1 is 1.29 bits per heavy atom. The molecule has 1 aromatic heterocycles. The standard InChI is InChI=1S/C13H16N2OS/c1-8-5-12(16-3)9(2)4-10(8)11-7-17-13(6-14)15-11/h4-5,7H,6,14H2,1-3H3. The van der Waals surface area contributed by atoms with Crippen LogP contribution in [0.4, 0.5) is 0 Å². The number of hydrogen-bond donors (Lipinski definition) is 1. The fourth-order valence-electron chi connectivity index (χ4n) is 1.81. The summed E-state index contributed by atoms with van der Waals surface area (Å²) in [5.41, 5.74) is 10.0. The molecule has 2 rings (SSSR count). The van der Waals surface area contributed by atoms with E-state index in [0.717, 1.165) is 27.6 Å². The van der Waals surface area contributed by atoms with Gasteiger partial charge in [-0.05, 0) is 37.1 Å². The summed E-state index contributed by atoms with van der Waals surface area (Å²) in [6.45, 7) is 4.61. The van der Waals surface area contributed by atoms with Crippen molar-refractivity contribution in [1.82, 2.24) is 4.98 Å². The van der Waals surface area contributed by atoms with E-state index >= 15 is 0 Å². The van der Waals surface area contributed by atoms with Crippen molar-refractivity contribution in [3.8, 4) is 17.0 Å². The molecule has 0 saturated heterocycles. The Hall–Kier alpha value is -1.39. The third-order valence-electron chi connectivity index (χ3n) is 2.74. The van der Waals surface area contributed by atoms with Gasteiger partial charge in [0.2, 0.25) is 0 Å². The summed E-state index contributed by atoms with van der Waals surface area (Å²) in [4.78, 5) is 4.51. The zero-order valence-corrected chi connectivity index (χ0v) is 11.1. The van der Waals surface area contributed by atoms with Gasteiger partial charge >= 0.3 is 0 Å². The SMILES string of the molecule is COc1cc(C)c(-c2csc(CN)n2)cc1C. The first kappa shape index (κ1) is 12.1. The maximum atomic E-state index is 5.58. The van der Waals surface area contributed by atoms with Crippen LogP contribution in [-0.4, -0.2) is 12.1 Å². The predicted molar refractivity (Wildman–Crippen MR) is 71.5 cm³/mol. The van der Waals surface area contributed by atoms with Gasteiger partial charge < -0.3 is 10.5 Å². The van der Waals surface area contributed by atoms with Crippen molar-refractivity contribution >= 4 is 11.3 Å². The molecule has 2 N–H and O–H groups in total. The number of nitrogens with zero attached hydrogens (tertiary/aromatic N) is 1. The molecule has 1 heterocycles. The quantitative estimate of drug-likeness (QED) is 0.908. The van der Waals surface area contributed by atoms with Crippen molar-refractivity contribution in [3.63, 3.8) is 0 Å². The van der Waals surface area contributed by atoms with Gasteiger partial charge in [0.25, 0.3) is 0 Å². The lowest BCUT2D eigenvalue weighted by atomic mass is 10.0. The summed E-state index contributed by atoms with van der Waals surface area (Å²) in [7, 11) is 1.69. The molecule has 0 spiro atoms. The van der Waals surface area contributed by atoms with E-state index in [-0.39, 0.29) is 0 Å². The lowest BCUT2D eigenvalue weighted by Gasteiger charge is -2.09. The first-order chi connectivity index (χ1) is 8.15. The minimum absolute atomic E-state index is 0.499. The average Bonchev–Trinajstić information content (AvgIpc) is 2.80. The molecule has 90 valence electrons. The van der Waals surface area contributed by atoms with Crippen molar-refractivity contribution < 1.29 is 4.74 Å². The summed E-state index contributed by atoms with van der Waals surface area (Å²) in [5, 5.41) is 3.02. The molecule has 0 aliphatic rings. The molecule has 4 heteroatoms. The second kappa shape index (κ2) is 4.85. The monoisotopic (exact) mass is 248 g/mol. The molecule has 0 amide bonds. The zero-order valence-electron chi connectivity index (χ0n) is 10.3. The highest BCUT2D eigenvalue weighted by Crippen LogP contribution is 2.30. The van der Waals surface area contributed by atoms with E-state index in [9.17, 15) is 0 Å².